The molecule has 0 aromatic heterocycles. The number of nitrogens with one attached hydrogen (secondary N) is 2. The molecule has 2 amide bonds. The number of allylic oxidation sites excluding steroid dienone is 1. The van der Waals surface area contributed by atoms with Gasteiger partial charge in [0.1, 0.15) is 11.9 Å². The molecule has 204 valence electrons. The number of rotatable bonds is 9. The molecular weight excluding hydrogens is 634 g/mol. The number of hydrogen-bond acceptors (Lipinski definition) is 7. The van der Waals surface area contributed by atoms with E-state index in [-0.39, 0.29) is 24.4 Å². The van der Waals surface area contributed by atoms with Gasteiger partial charge in [0.2, 0.25) is 12.7 Å². The summed E-state index contributed by atoms with van der Waals surface area (Å²) in [6, 6.07) is 15.4. The fourth-order valence-electron chi connectivity index (χ4n) is 4.01. The number of benzene rings is 3. The Morgan fingerprint density at radius 1 is 1.10 bits per heavy atom. The Kier molecular flexibility index (Phi) is 9.36. The van der Waals surface area contributed by atoms with E-state index < -0.39 is 12.2 Å². The lowest BCUT2D eigenvalue weighted by Gasteiger charge is -2.26. The number of amides is 2. The van der Waals surface area contributed by atoms with Gasteiger partial charge in [-0.3, -0.25) is 10.1 Å². The predicted octanol–water partition coefficient (Wildman–Crippen LogP) is 7.13. The molecule has 5 N–H and O–H groups in total. The number of fused-ring (bicyclic) bond motifs is 1. The Labute approximate surface area is 242 Å². The Morgan fingerprint density at radius 2 is 1.87 bits per heavy atom. The summed E-state index contributed by atoms with van der Waals surface area (Å²) in [7, 11) is 0. The number of phenols is 1. The number of carbonyl (C=O) groups excluding carboxylic acids is 2. The van der Waals surface area contributed by atoms with E-state index >= 15 is 0 Å². The molecule has 9 nitrogen and oxygen atoms in total. The highest BCUT2D eigenvalue weighted by Gasteiger charge is 2.28. The van der Waals surface area contributed by atoms with Crippen LogP contribution in [0.15, 0.2) is 75.7 Å². The number of halogens is 2. The molecule has 1 aliphatic heterocycles. The molecule has 3 aromatic carbocycles. The zero-order valence-electron chi connectivity index (χ0n) is 20.9. The number of ether oxygens (including phenoxy) is 3. The standard InChI is InChI=1S/C28H27Br2N3O6/c1-16(6-2-5-9-25(34)33-22-8-4-3-7-21(22)31)27(19-12-17(29)13-20(30)26(19)35)39-28(36)32-18-10-11-23-24(14-18)38-15-37-23/h3-5,7-14,16,27,35H,2,6,15,31H2,1H3,(H,32,36)(H,33,34)/b9-5+/t16-,27+/m0/s1. The molecule has 0 bridgehead atoms. The molecule has 0 unspecified atom stereocenters. The summed E-state index contributed by atoms with van der Waals surface area (Å²) in [5.74, 6) is 0.568. The first-order valence-electron chi connectivity index (χ1n) is 12.1. The minimum absolute atomic E-state index is 0.0266. The van der Waals surface area contributed by atoms with Crippen LogP contribution >= 0.6 is 31.9 Å². The predicted molar refractivity (Wildman–Crippen MR) is 156 cm³/mol. The van der Waals surface area contributed by atoms with Crippen LogP contribution < -0.4 is 25.8 Å². The average Bonchev–Trinajstić information content (AvgIpc) is 3.36. The molecule has 39 heavy (non-hydrogen) atoms. The number of hydrogen-bond donors (Lipinski definition) is 4. The summed E-state index contributed by atoms with van der Waals surface area (Å²) in [6.45, 7) is 2.03. The minimum Gasteiger partial charge on any atom is -0.506 e. The zero-order chi connectivity index (χ0) is 27.9. The van der Waals surface area contributed by atoms with Gasteiger partial charge >= 0.3 is 6.09 Å². The van der Waals surface area contributed by atoms with Crippen molar-refractivity contribution in [3.8, 4) is 17.2 Å². The Balaban J connectivity index is 1.43. The van der Waals surface area contributed by atoms with Crippen LogP contribution in [0.5, 0.6) is 17.2 Å². The summed E-state index contributed by atoms with van der Waals surface area (Å²) in [6.07, 6.45) is 2.77. The van der Waals surface area contributed by atoms with E-state index in [1.54, 1.807) is 60.7 Å². The van der Waals surface area contributed by atoms with Gasteiger partial charge < -0.3 is 30.4 Å². The van der Waals surface area contributed by atoms with Crippen molar-refractivity contribution in [1.29, 1.82) is 0 Å². The van der Waals surface area contributed by atoms with Crippen molar-refractivity contribution in [2.45, 2.75) is 25.9 Å². The molecule has 0 saturated carbocycles. The highest BCUT2D eigenvalue weighted by Crippen LogP contribution is 2.41. The Bertz CT molecular complexity index is 1400. The first kappa shape index (κ1) is 28.3. The van der Waals surface area contributed by atoms with Crippen molar-refractivity contribution in [3.05, 3.63) is 81.3 Å². The summed E-state index contributed by atoms with van der Waals surface area (Å²) < 4.78 is 17.7. The third kappa shape index (κ3) is 7.45. The van der Waals surface area contributed by atoms with Gasteiger partial charge in [-0.2, -0.15) is 0 Å². The van der Waals surface area contributed by atoms with Gasteiger partial charge in [0.25, 0.3) is 0 Å². The van der Waals surface area contributed by atoms with Crippen LogP contribution in [0.3, 0.4) is 0 Å². The number of aromatic hydroxyl groups is 1. The molecular formula is C28H27Br2N3O6. The number of nitrogens with two attached hydrogens (primary N) is 1. The summed E-state index contributed by atoms with van der Waals surface area (Å²) >= 11 is 6.79. The molecule has 1 aliphatic rings. The van der Waals surface area contributed by atoms with Gasteiger partial charge in [0.15, 0.2) is 11.5 Å². The molecule has 2 atom stereocenters. The van der Waals surface area contributed by atoms with Gasteiger partial charge in [-0.25, -0.2) is 4.79 Å². The molecule has 3 aromatic rings. The lowest BCUT2D eigenvalue weighted by molar-refractivity contribution is -0.111. The van der Waals surface area contributed by atoms with E-state index in [0.717, 1.165) is 0 Å². The van der Waals surface area contributed by atoms with Crippen molar-refractivity contribution in [2.75, 3.05) is 23.2 Å². The largest absolute Gasteiger partial charge is 0.506 e. The second-order valence-corrected chi connectivity index (χ2v) is 10.6. The van der Waals surface area contributed by atoms with Crippen LogP contribution in [0, 0.1) is 5.92 Å². The maximum Gasteiger partial charge on any atom is 0.412 e. The lowest BCUT2D eigenvalue weighted by atomic mass is 9.92. The maximum atomic E-state index is 12.9. The normalized spacial score (nSPS) is 13.6. The third-order valence-electron chi connectivity index (χ3n) is 6.01. The lowest BCUT2D eigenvalue weighted by Crippen LogP contribution is -2.22. The first-order chi connectivity index (χ1) is 18.7. The van der Waals surface area contributed by atoms with Crippen LogP contribution in [0.2, 0.25) is 0 Å². The monoisotopic (exact) mass is 659 g/mol. The second-order valence-electron chi connectivity index (χ2n) is 8.88. The topological polar surface area (TPSA) is 132 Å². The van der Waals surface area contributed by atoms with E-state index in [9.17, 15) is 14.7 Å². The second kappa shape index (κ2) is 12.9. The van der Waals surface area contributed by atoms with Crippen molar-refractivity contribution >= 4 is 60.9 Å². The number of carbonyl (C=O) groups is 2. The molecule has 0 fully saturated rings. The number of nitrogen functional groups attached to an aromatic ring is 1. The van der Waals surface area contributed by atoms with E-state index in [0.29, 0.717) is 55.9 Å². The highest BCUT2D eigenvalue weighted by molar-refractivity contribution is 9.11. The van der Waals surface area contributed by atoms with Gasteiger partial charge in [-0.15, -0.1) is 0 Å². The van der Waals surface area contributed by atoms with E-state index in [4.69, 9.17) is 19.9 Å². The molecule has 0 saturated heterocycles. The quantitative estimate of drug-likeness (QED) is 0.142. The van der Waals surface area contributed by atoms with Crippen LogP contribution in [0.1, 0.15) is 31.4 Å². The van der Waals surface area contributed by atoms with Crippen LogP contribution in [-0.4, -0.2) is 23.9 Å². The van der Waals surface area contributed by atoms with Gasteiger partial charge in [-0.05, 0) is 77.2 Å². The summed E-state index contributed by atoms with van der Waals surface area (Å²) in [5, 5.41) is 16.2. The summed E-state index contributed by atoms with van der Waals surface area (Å²) in [5.41, 5.74) is 7.80. The molecule has 0 radical (unpaired) electrons. The summed E-state index contributed by atoms with van der Waals surface area (Å²) in [4.78, 5) is 25.2. The Hall–Kier alpha value is -3.70. The maximum absolute atomic E-state index is 12.9. The van der Waals surface area contributed by atoms with E-state index in [1.807, 2.05) is 6.92 Å². The van der Waals surface area contributed by atoms with E-state index in [1.165, 1.54) is 6.08 Å². The van der Waals surface area contributed by atoms with Crippen LogP contribution in [-0.2, 0) is 9.53 Å². The SMILES string of the molecule is C[C@@H](CC/C=C/C(=O)Nc1ccccc1N)[C@@H](OC(=O)Nc1ccc2c(c1)OCO2)c1cc(Br)cc(Br)c1O. The smallest absolute Gasteiger partial charge is 0.412 e. The van der Waals surface area contributed by atoms with Crippen molar-refractivity contribution in [1.82, 2.24) is 0 Å². The third-order valence-corrected chi connectivity index (χ3v) is 7.07. The van der Waals surface area contributed by atoms with Gasteiger partial charge in [0, 0.05) is 21.8 Å². The van der Waals surface area contributed by atoms with Gasteiger partial charge in [-0.1, -0.05) is 41.1 Å². The minimum atomic E-state index is -0.792. The fraction of sp³-hybridized carbons (Fsp3) is 0.214. The Morgan fingerprint density at radius 3 is 2.67 bits per heavy atom. The highest BCUT2D eigenvalue weighted by atomic mass is 79.9. The zero-order valence-corrected chi connectivity index (χ0v) is 24.1. The van der Waals surface area contributed by atoms with Gasteiger partial charge in [0.05, 0.1) is 15.8 Å². The molecule has 11 heteroatoms. The van der Waals surface area contributed by atoms with Crippen molar-refractivity contribution in [3.63, 3.8) is 0 Å². The van der Waals surface area contributed by atoms with Crippen LogP contribution in [0.25, 0.3) is 0 Å². The van der Waals surface area contributed by atoms with Crippen LogP contribution in [0.4, 0.5) is 21.9 Å². The molecule has 4 rings (SSSR count). The van der Waals surface area contributed by atoms with E-state index in [2.05, 4.69) is 42.5 Å². The fourth-order valence-corrected chi connectivity index (χ4v) is 5.27. The van der Waals surface area contributed by atoms with Crippen molar-refractivity contribution < 1.29 is 28.9 Å². The molecule has 0 spiro atoms. The average molecular weight is 661 g/mol. The number of para-hydroxylation sites is 2. The van der Waals surface area contributed by atoms with Crippen molar-refractivity contribution in [2.24, 2.45) is 5.92 Å². The molecule has 1 heterocycles. The first-order valence-corrected chi connectivity index (χ1v) is 13.7. The number of phenolic OH excluding ortho intramolecular Hbond substituents is 1. The molecule has 0 aliphatic carbocycles. The number of anilines is 3.